The Morgan fingerprint density at radius 1 is 1.50 bits per heavy atom. The lowest BCUT2D eigenvalue weighted by molar-refractivity contribution is -0.121. The molecular weight excluding hydrogens is 256 g/mol. The fourth-order valence-corrected chi connectivity index (χ4v) is 1.69. The van der Waals surface area contributed by atoms with E-state index in [-0.39, 0.29) is 18.9 Å². The number of nitrogens with one attached hydrogen (secondary N) is 1. The maximum atomic E-state index is 11.1. The Bertz CT molecular complexity index is 424. The highest BCUT2D eigenvalue weighted by molar-refractivity contribution is 6.32. The number of hydrogen-bond acceptors (Lipinski definition) is 4. The molecule has 0 atom stereocenters. The lowest BCUT2D eigenvalue weighted by Crippen LogP contribution is -2.20. The summed E-state index contributed by atoms with van der Waals surface area (Å²) in [6, 6.07) is 3.49. The van der Waals surface area contributed by atoms with E-state index in [0.717, 1.165) is 5.56 Å². The van der Waals surface area contributed by atoms with Gasteiger partial charge in [-0.25, -0.2) is 0 Å². The van der Waals surface area contributed by atoms with E-state index in [2.05, 4.69) is 5.32 Å². The van der Waals surface area contributed by atoms with Gasteiger partial charge in [0.2, 0.25) is 5.91 Å². The molecule has 1 rings (SSSR count). The van der Waals surface area contributed by atoms with Crippen LogP contribution in [-0.4, -0.2) is 26.7 Å². The van der Waals surface area contributed by atoms with Crippen molar-refractivity contribution >= 4 is 17.5 Å². The predicted octanol–water partition coefficient (Wildman–Crippen LogP) is 1.32. The van der Waals surface area contributed by atoms with Crippen molar-refractivity contribution in [1.82, 2.24) is 5.32 Å². The van der Waals surface area contributed by atoms with Gasteiger partial charge in [0, 0.05) is 13.6 Å². The fourth-order valence-electron chi connectivity index (χ4n) is 1.40. The molecule has 0 unspecified atom stereocenters. The van der Waals surface area contributed by atoms with Crippen molar-refractivity contribution < 1.29 is 14.3 Å². The van der Waals surface area contributed by atoms with E-state index in [1.165, 1.54) is 7.11 Å². The predicted molar refractivity (Wildman–Crippen MR) is 70.1 cm³/mol. The van der Waals surface area contributed by atoms with E-state index in [9.17, 15) is 4.79 Å². The normalized spacial score (nSPS) is 10.0. The smallest absolute Gasteiger partial charge is 0.223 e. The molecule has 0 aliphatic rings. The molecular formula is C12H17ClN2O3. The topological polar surface area (TPSA) is 73.6 Å². The first-order chi connectivity index (χ1) is 8.62. The van der Waals surface area contributed by atoms with Gasteiger partial charge in [-0.05, 0) is 17.7 Å². The minimum Gasteiger partial charge on any atom is -0.493 e. The summed E-state index contributed by atoms with van der Waals surface area (Å²) in [5, 5.41) is 2.94. The summed E-state index contributed by atoms with van der Waals surface area (Å²) in [5.41, 5.74) is 6.40. The Morgan fingerprint density at radius 2 is 2.22 bits per heavy atom. The van der Waals surface area contributed by atoms with Crippen LogP contribution in [0.25, 0.3) is 0 Å². The summed E-state index contributed by atoms with van der Waals surface area (Å²) >= 11 is 6.08. The number of halogens is 1. The van der Waals surface area contributed by atoms with Gasteiger partial charge in [-0.15, -0.1) is 0 Å². The van der Waals surface area contributed by atoms with Crippen LogP contribution in [0.4, 0.5) is 0 Å². The molecule has 0 saturated heterocycles. The number of carbonyl (C=O) groups excluding carboxylic acids is 1. The van der Waals surface area contributed by atoms with E-state index in [1.807, 2.05) is 0 Å². The number of ether oxygens (including phenoxy) is 2. The van der Waals surface area contributed by atoms with Crippen LogP contribution in [0.1, 0.15) is 12.0 Å². The van der Waals surface area contributed by atoms with Gasteiger partial charge < -0.3 is 20.5 Å². The molecule has 0 aliphatic heterocycles. The summed E-state index contributed by atoms with van der Waals surface area (Å²) < 4.78 is 10.7. The quantitative estimate of drug-likeness (QED) is 0.819. The summed E-state index contributed by atoms with van der Waals surface area (Å²) in [5.74, 6) is 0.851. The van der Waals surface area contributed by atoms with E-state index < -0.39 is 0 Å². The van der Waals surface area contributed by atoms with Crippen LogP contribution in [0.3, 0.4) is 0 Å². The summed E-state index contributed by atoms with van der Waals surface area (Å²) in [6.45, 7) is 0.603. The number of nitrogens with two attached hydrogens (primary N) is 1. The van der Waals surface area contributed by atoms with Crippen LogP contribution in [0.2, 0.25) is 5.02 Å². The van der Waals surface area contributed by atoms with E-state index >= 15 is 0 Å². The molecule has 18 heavy (non-hydrogen) atoms. The molecule has 0 fully saturated rings. The van der Waals surface area contributed by atoms with Crippen molar-refractivity contribution in [2.75, 3.05) is 20.8 Å². The van der Waals surface area contributed by atoms with Crippen LogP contribution < -0.4 is 20.5 Å². The van der Waals surface area contributed by atoms with E-state index in [0.29, 0.717) is 23.1 Å². The minimum atomic E-state index is -0.0938. The molecule has 0 radical (unpaired) electrons. The molecule has 100 valence electrons. The lowest BCUT2D eigenvalue weighted by atomic mass is 10.2. The fraction of sp³-hybridized carbons (Fsp3) is 0.417. The summed E-state index contributed by atoms with van der Waals surface area (Å²) in [6.07, 6.45) is 0.259. The molecule has 1 amide bonds. The molecule has 0 spiro atoms. The average molecular weight is 273 g/mol. The SMILES string of the molecule is CNC(=O)CCOc1c(Cl)cc(CN)cc1OC. The molecule has 6 heteroatoms. The summed E-state index contributed by atoms with van der Waals surface area (Å²) in [4.78, 5) is 11.1. The average Bonchev–Trinajstić information content (AvgIpc) is 2.39. The highest BCUT2D eigenvalue weighted by Crippen LogP contribution is 2.36. The van der Waals surface area contributed by atoms with Crippen molar-refractivity contribution in [1.29, 1.82) is 0 Å². The number of amides is 1. The molecule has 0 saturated carbocycles. The van der Waals surface area contributed by atoms with Crippen molar-refractivity contribution in [2.24, 2.45) is 5.73 Å². The summed E-state index contributed by atoms with van der Waals surface area (Å²) in [7, 11) is 3.10. The zero-order chi connectivity index (χ0) is 13.5. The zero-order valence-electron chi connectivity index (χ0n) is 10.5. The second kappa shape index (κ2) is 7.08. The van der Waals surface area contributed by atoms with Gasteiger partial charge in [0.1, 0.15) is 0 Å². The number of carbonyl (C=O) groups is 1. The van der Waals surface area contributed by atoms with Crippen molar-refractivity contribution in [3.05, 3.63) is 22.7 Å². The van der Waals surface area contributed by atoms with Crippen LogP contribution in [0, 0.1) is 0 Å². The van der Waals surface area contributed by atoms with Gasteiger partial charge in [-0.1, -0.05) is 11.6 Å². The molecule has 3 N–H and O–H groups in total. The number of rotatable bonds is 6. The maximum absolute atomic E-state index is 11.1. The molecule has 1 aromatic rings. The molecule has 0 aromatic heterocycles. The largest absolute Gasteiger partial charge is 0.493 e. The molecule has 0 heterocycles. The Labute approximate surface area is 111 Å². The first-order valence-corrected chi connectivity index (χ1v) is 5.90. The standard InChI is InChI=1S/C12H17ClN2O3/c1-15-11(16)3-4-18-12-9(13)5-8(7-14)6-10(12)17-2/h5-6H,3-4,7,14H2,1-2H3,(H,15,16). The van der Waals surface area contributed by atoms with Crippen LogP contribution in [-0.2, 0) is 11.3 Å². The highest BCUT2D eigenvalue weighted by atomic mass is 35.5. The van der Waals surface area contributed by atoms with Crippen molar-refractivity contribution in [3.8, 4) is 11.5 Å². The Kier molecular flexibility index (Phi) is 5.74. The first kappa shape index (κ1) is 14.6. The monoisotopic (exact) mass is 272 g/mol. The van der Waals surface area contributed by atoms with Crippen molar-refractivity contribution in [3.63, 3.8) is 0 Å². The second-order valence-corrected chi connectivity index (χ2v) is 3.99. The van der Waals surface area contributed by atoms with Gasteiger partial charge in [0.25, 0.3) is 0 Å². The van der Waals surface area contributed by atoms with Gasteiger partial charge in [0.15, 0.2) is 11.5 Å². The lowest BCUT2D eigenvalue weighted by Gasteiger charge is -2.13. The van der Waals surface area contributed by atoms with Gasteiger partial charge in [0.05, 0.1) is 25.2 Å². The van der Waals surface area contributed by atoms with Crippen LogP contribution in [0.15, 0.2) is 12.1 Å². The first-order valence-electron chi connectivity index (χ1n) is 5.52. The van der Waals surface area contributed by atoms with Gasteiger partial charge >= 0.3 is 0 Å². The third kappa shape index (κ3) is 3.78. The number of hydrogen-bond donors (Lipinski definition) is 2. The Hall–Kier alpha value is -1.46. The Balaban J connectivity index is 2.78. The second-order valence-electron chi connectivity index (χ2n) is 3.58. The third-order valence-electron chi connectivity index (χ3n) is 2.38. The van der Waals surface area contributed by atoms with Crippen LogP contribution >= 0.6 is 11.6 Å². The molecule has 5 nitrogen and oxygen atoms in total. The van der Waals surface area contributed by atoms with Crippen molar-refractivity contribution in [2.45, 2.75) is 13.0 Å². The van der Waals surface area contributed by atoms with E-state index in [4.69, 9.17) is 26.8 Å². The number of methoxy groups -OCH3 is 1. The molecule has 1 aromatic carbocycles. The zero-order valence-corrected chi connectivity index (χ0v) is 11.2. The highest BCUT2D eigenvalue weighted by Gasteiger charge is 2.12. The third-order valence-corrected chi connectivity index (χ3v) is 2.66. The van der Waals surface area contributed by atoms with Crippen LogP contribution in [0.5, 0.6) is 11.5 Å². The molecule has 0 bridgehead atoms. The number of benzene rings is 1. The molecule has 0 aliphatic carbocycles. The van der Waals surface area contributed by atoms with Gasteiger partial charge in [-0.3, -0.25) is 4.79 Å². The maximum Gasteiger partial charge on any atom is 0.223 e. The Morgan fingerprint density at radius 3 is 2.78 bits per heavy atom. The van der Waals surface area contributed by atoms with Gasteiger partial charge in [-0.2, -0.15) is 0 Å². The minimum absolute atomic E-state index is 0.0938. The van der Waals surface area contributed by atoms with E-state index in [1.54, 1.807) is 19.2 Å².